The first-order chi connectivity index (χ1) is 10.8. The molecule has 0 aliphatic rings. The van der Waals surface area contributed by atoms with E-state index in [1.165, 1.54) is 103 Å². The van der Waals surface area contributed by atoms with E-state index in [1.807, 2.05) is 6.92 Å². The first-order valence-electron chi connectivity index (χ1n) is 10.1. The summed E-state index contributed by atoms with van der Waals surface area (Å²) in [5.74, 6) is 0. The molecule has 23 heavy (non-hydrogen) atoms. The van der Waals surface area contributed by atoms with Gasteiger partial charge in [0, 0.05) is 0 Å². The molecule has 0 amide bonds. The maximum Gasteiger partial charge on any atom is -0.00773 e. The highest BCUT2D eigenvalue weighted by atomic mass is 14.5. The van der Waals surface area contributed by atoms with Gasteiger partial charge in [0.25, 0.3) is 0 Å². The molecule has 0 unspecified atom stereocenters. The first-order valence-corrected chi connectivity index (χ1v) is 10.1. The Bertz CT molecular complexity index is 165. The van der Waals surface area contributed by atoms with Crippen molar-refractivity contribution in [2.75, 3.05) is 6.54 Å². The van der Waals surface area contributed by atoms with Crippen LogP contribution < -0.4 is 11.9 Å². The molecule has 2 heteroatoms. The largest absolute Gasteiger partial charge is 0.344 e. The molecule has 0 heterocycles. The Kier molecular flexibility index (Phi) is 35.5. The monoisotopic (exact) mass is 328 g/mol. The van der Waals surface area contributed by atoms with Crippen molar-refractivity contribution in [3.05, 3.63) is 12.7 Å². The van der Waals surface area contributed by atoms with Crippen molar-refractivity contribution >= 4 is 0 Å². The summed E-state index contributed by atoms with van der Waals surface area (Å²) in [7, 11) is 0. The fraction of sp³-hybridized carbons (Fsp3) is 0.905. The Balaban J connectivity index is -0.000000920. The molecule has 0 aromatic rings. The second-order valence-electron chi connectivity index (χ2n) is 6.50. The standard InChI is InChI=1S/C18H39N.C3H6.H3N/c1-2-3-4-5-6-7-8-9-10-11-12-13-14-15-16-17-18-19;1-3-2;/h2-19H2,1H3;3H,1H2,2H3;1H3. The summed E-state index contributed by atoms with van der Waals surface area (Å²) >= 11 is 0. The molecule has 142 valence electrons. The van der Waals surface area contributed by atoms with Gasteiger partial charge in [0.15, 0.2) is 0 Å². The number of allylic oxidation sites excluding steroid dienone is 1. The normalized spacial score (nSPS) is 9.70. The quantitative estimate of drug-likeness (QED) is 0.227. The minimum atomic E-state index is 0. The zero-order valence-corrected chi connectivity index (χ0v) is 16.6. The summed E-state index contributed by atoms with van der Waals surface area (Å²) in [5.41, 5.74) is 5.48. The Hall–Kier alpha value is -0.340. The van der Waals surface area contributed by atoms with Gasteiger partial charge in [0.2, 0.25) is 0 Å². The van der Waals surface area contributed by atoms with Crippen LogP contribution in [-0.2, 0) is 0 Å². The molecular formula is C21H48N2. The summed E-state index contributed by atoms with van der Waals surface area (Å²) in [4.78, 5) is 0. The van der Waals surface area contributed by atoms with E-state index in [9.17, 15) is 0 Å². The van der Waals surface area contributed by atoms with Gasteiger partial charge >= 0.3 is 0 Å². The lowest BCUT2D eigenvalue weighted by Gasteiger charge is -2.03. The SMILES string of the molecule is C=CC.CCCCCCCCCCCCCCCCCCN.N. The molecule has 0 aliphatic carbocycles. The molecular weight excluding hydrogens is 280 g/mol. The molecule has 0 fully saturated rings. The third kappa shape index (κ3) is 34.1. The maximum atomic E-state index is 5.48. The number of hydrogen-bond acceptors (Lipinski definition) is 2. The fourth-order valence-corrected chi connectivity index (χ4v) is 2.69. The molecule has 0 atom stereocenters. The summed E-state index contributed by atoms with van der Waals surface area (Å²) in [6, 6.07) is 0. The summed E-state index contributed by atoms with van der Waals surface area (Å²) in [6.45, 7) is 8.41. The second kappa shape index (κ2) is 29.6. The van der Waals surface area contributed by atoms with Crippen LogP contribution in [0.4, 0.5) is 0 Å². The summed E-state index contributed by atoms with van der Waals surface area (Å²) in [6.07, 6.45) is 24.6. The molecule has 2 nitrogen and oxygen atoms in total. The van der Waals surface area contributed by atoms with Crippen LogP contribution in [0.5, 0.6) is 0 Å². The van der Waals surface area contributed by atoms with Crippen molar-refractivity contribution < 1.29 is 0 Å². The molecule has 5 N–H and O–H groups in total. The van der Waals surface area contributed by atoms with E-state index in [4.69, 9.17) is 5.73 Å². The van der Waals surface area contributed by atoms with Crippen LogP contribution in [-0.4, -0.2) is 6.54 Å². The maximum absolute atomic E-state index is 5.48. The average molecular weight is 329 g/mol. The minimum absolute atomic E-state index is 0. The van der Waals surface area contributed by atoms with Gasteiger partial charge in [-0.05, 0) is 19.9 Å². The third-order valence-corrected chi connectivity index (χ3v) is 4.06. The molecule has 0 radical (unpaired) electrons. The zero-order valence-electron chi connectivity index (χ0n) is 16.6. The highest BCUT2D eigenvalue weighted by Crippen LogP contribution is 2.13. The van der Waals surface area contributed by atoms with Crippen LogP contribution in [0.15, 0.2) is 12.7 Å². The number of rotatable bonds is 16. The summed E-state index contributed by atoms with van der Waals surface area (Å²) < 4.78 is 0. The molecule has 0 bridgehead atoms. The lowest BCUT2D eigenvalue weighted by atomic mass is 10.0. The topological polar surface area (TPSA) is 61.0 Å². The van der Waals surface area contributed by atoms with Crippen molar-refractivity contribution in [3.63, 3.8) is 0 Å². The van der Waals surface area contributed by atoms with E-state index in [0.717, 1.165) is 6.54 Å². The predicted molar refractivity (Wildman–Crippen MR) is 109 cm³/mol. The van der Waals surface area contributed by atoms with Crippen molar-refractivity contribution in [3.8, 4) is 0 Å². The van der Waals surface area contributed by atoms with Gasteiger partial charge in [-0.3, -0.25) is 0 Å². The van der Waals surface area contributed by atoms with E-state index < -0.39 is 0 Å². The van der Waals surface area contributed by atoms with Gasteiger partial charge in [-0.15, -0.1) is 6.58 Å². The van der Waals surface area contributed by atoms with Crippen molar-refractivity contribution in [2.45, 2.75) is 117 Å². The number of hydrogen-bond donors (Lipinski definition) is 2. The first kappa shape index (κ1) is 27.5. The van der Waals surface area contributed by atoms with Crippen molar-refractivity contribution in [1.82, 2.24) is 6.15 Å². The minimum Gasteiger partial charge on any atom is -0.344 e. The van der Waals surface area contributed by atoms with Gasteiger partial charge in [-0.1, -0.05) is 109 Å². The predicted octanol–water partition coefficient (Wildman–Crippen LogP) is 7.56. The Morgan fingerprint density at radius 1 is 0.609 bits per heavy atom. The third-order valence-electron chi connectivity index (χ3n) is 4.06. The molecule has 0 aromatic carbocycles. The number of unbranched alkanes of at least 4 members (excludes halogenated alkanes) is 15. The van der Waals surface area contributed by atoms with Crippen LogP contribution in [0.25, 0.3) is 0 Å². The molecule has 0 aromatic heterocycles. The van der Waals surface area contributed by atoms with Crippen LogP contribution >= 0.6 is 0 Å². The van der Waals surface area contributed by atoms with E-state index in [1.54, 1.807) is 6.08 Å². The lowest BCUT2D eigenvalue weighted by Crippen LogP contribution is -1.97. The van der Waals surface area contributed by atoms with Gasteiger partial charge in [0.1, 0.15) is 0 Å². The van der Waals surface area contributed by atoms with Gasteiger partial charge in [-0.2, -0.15) is 0 Å². The molecule has 0 saturated carbocycles. The molecule has 0 rings (SSSR count). The molecule has 0 aliphatic heterocycles. The highest BCUT2D eigenvalue weighted by Gasteiger charge is 1.94. The van der Waals surface area contributed by atoms with Crippen LogP contribution in [0.1, 0.15) is 117 Å². The van der Waals surface area contributed by atoms with E-state index in [0.29, 0.717) is 0 Å². The van der Waals surface area contributed by atoms with Gasteiger partial charge in [0.05, 0.1) is 0 Å². The Labute approximate surface area is 148 Å². The van der Waals surface area contributed by atoms with Crippen molar-refractivity contribution in [2.24, 2.45) is 5.73 Å². The highest BCUT2D eigenvalue weighted by molar-refractivity contribution is 4.51. The smallest absolute Gasteiger partial charge is 0.00773 e. The van der Waals surface area contributed by atoms with E-state index in [2.05, 4.69) is 13.5 Å². The summed E-state index contributed by atoms with van der Waals surface area (Å²) in [5, 5.41) is 0. The van der Waals surface area contributed by atoms with Gasteiger partial charge in [-0.25, -0.2) is 0 Å². The van der Waals surface area contributed by atoms with Crippen LogP contribution in [0, 0.1) is 0 Å². The second-order valence-corrected chi connectivity index (χ2v) is 6.50. The molecule has 0 saturated heterocycles. The van der Waals surface area contributed by atoms with E-state index in [-0.39, 0.29) is 6.15 Å². The van der Waals surface area contributed by atoms with Crippen molar-refractivity contribution in [1.29, 1.82) is 0 Å². The zero-order chi connectivity index (χ0) is 16.7. The van der Waals surface area contributed by atoms with Crippen LogP contribution in [0.3, 0.4) is 0 Å². The van der Waals surface area contributed by atoms with Gasteiger partial charge < -0.3 is 11.9 Å². The van der Waals surface area contributed by atoms with Crippen LogP contribution in [0.2, 0.25) is 0 Å². The number of nitrogens with two attached hydrogens (primary N) is 1. The fourth-order valence-electron chi connectivity index (χ4n) is 2.69. The Morgan fingerprint density at radius 3 is 1.04 bits per heavy atom. The van der Waals surface area contributed by atoms with E-state index >= 15 is 0 Å². The Morgan fingerprint density at radius 2 is 0.826 bits per heavy atom. The molecule has 0 spiro atoms. The average Bonchev–Trinajstić information content (AvgIpc) is 2.52. The lowest BCUT2D eigenvalue weighted by molar-refractivity contribution is 0.530.